The third-order valence-corrected chi connectivity index (χ3v) is 5.42. The maximum Gasteiger partial charge on any atom is 0.244 e. The van der Waals surface area contributed by atoms with E-state index < -0.39 is 11.4 Å². The van der Waals surface area contributed by atoms with Crippen molar-refractivity contribution in [2.45, 2.75) is 37.1 Å². The van der Waals surface area contributed by atoms with E-state index >= 15 is 0 Å². The summed E-state index contributed by atoms with van der Waals surface area (Å²) >= 11 is 0. The van der Waals surface area contributed by atoms with Crippen LogP contribution in [-0.2, 0) is 9.59 Å². The number of nitriles is 1. The Morgan fingerprint density at radius 2 is 2.17 bits per heavy atom. The number of nitrogens with two attached hydrogens (primary N) is 1. The van der Waals surface area contributed by atoms with Crippen LogP contribution in [0.3, 0.4) is 0 Å². The van der Waals surface area contributed by atoms with E-state index in [4.69, 9.17) is 5.73 Å². The molecular formula is C18H22N4O2. The zero-order valence-electron chi connectivity index (χ0n) is 13.6. The Kier molecular flexibility index (Phi) is 4.43. The molecule has 2 aliphatic heterocycles. The Morgan fingerprint density at radius 1 is 1.42 bits per heavy atom. The summed E-state index contributed by atoms with van der Waals surface area (Å²) in [6.07, 6.45) is 4.48. The predicted octanol–water partition coefficient (Wildman–Crippen LogP) is 1.10. The molecule has 2 saturated heterocycles. The molecule has 0 radical (unpaired) electrons. The minimum atomic E-state index is -0.988. The summed E-state index contributed by atoms with van der Waals surface area (Å²) in [5.41, 5.74) is 5.85. The van der Waals surface area contributed by atoms with Crippen molar-refractivity contribution >= 4 is 11.8 Å². The molecule has 3 N–H and O–H groups in total. The minimum absolute atomic E-state index is 0.0377. The van der Waals surface area contributed by atoms with Gasteiger partial charge in [-0.15, -0.1) is 0 Å². The van der Waals surface area contributed by atoms with E-state index in [0.717, 1.165) is 12.0 Å². The van der Waals surface area contributed by atoms with Gasteiger partial charge in [-0.05, 0) is 31.2 Å². The Morgan fingerprint density at radius 3 is 2.75 bits per heavy atom. The van der Waals surface area contributed by atoms with E-state index in [1.807, 2.05) is 30.3 Å². The molecule has 0 aromatic heterocycles. The molecule has 2 heterocycles. The number of nitrogens with zero attached hydrogens (tertiary/aromatic N) is 2. The molecule has 2 fully saturated rings. The Hall–Kier alpha value is -2.55. The number of nitrogens with one attached hydrogen (secondary N) is 1. The second kappa shape index (κ2) is 6.52. The van der Waals surface area contributed by atoms with Crippen molar-refractivity contribution in [3.63, 3.8) is 0 Å². The number of carbonyl (C=O) groups is 2. The lowest BCUT2D eigenvalue weighted by atomic mass is 9.82. The van der Waals surface area contributed by atoms with Gasteiger partial charge in [0.05, 0.1) is 0 Å². The van der Waals surface area contributed by atoms with Gasteiger partial charge in [-0.25, -0.2) is 0 Å². The summed E-state index contributed by atoms with van der Waals surface area (Å²) in [5.74, 6) is -0.426. The highest BCUT2D eigenvalue weighted by atomic mass is 16.2. The van der Waals surface area contributed by atoms with Gasteiger partial charge in [0.25, 0.3) is 0 Å². The minimum Gasteiger partial charge on any atom is -0.368 e. The molecule has 0 spiro atoms. The Labute approximate surface area is 141 Å². The average Bonchev–Trinajstić information content (AvgIpc) is 3.18. The molecule has 126 valence electrons. The lowest BCUT2D eigenvalue weighted by Gasteiger charge is -2.32. The first-order valence-electron chi connectivity index (χ1n) is 8.37. The van der Waals surface area contributed by atoms with Crippen molar-refractivity contribution in [3.05, 3.63) is 35.9 Å². The maximum absolute atomic E-state index is 12.3. The molecule has 6 nitrogen and oxygen atoms in total. The highest BCUT2D eigenvalue weighted by molar-refractivity contribution is 5.86. The van der Waals surface area contributed by atoms with Crippen molar-refractivity contribution in [3.8, 4) is 6.19 Å². The standard InChI is InChI=1S/C18H22N4O2/c19-12-22-11-15(13-4-2-1-3-5-13)10-18(22,17(20)24)8-6-14-7-9-21-16(14)23/h1-5,14-15H,6-11H2,(H2,20,24)(H,21,23)/t14-,15?,18-/m0/s1. The summed E-state index contributed by atoms with van der Waals surface area (Å²) in [7, 11) is 0. The van der Waals surface area contributed by atoms with Crippen LogP contribution in [-0.4, -0.2) is 35.3 Å². The number of amides is 2. The van der Waals surface area contributed by atoms with Crippen molar-refractivity contribution < 1.29 is 9.59 Å². The van der Waals surface area contributed by atoms with E-state index in [1.54, 1.807) is 0 Å². The van der Waals surface area contributed by atoms with Gasteiger partial charge in [-0.2, -0.15) is 5.26 Å². The van der Waals surface area contributed by atoms with Crippen LogP contribution in [0.5, 0.6) is 0 Å². The highest BCUT2D eigenvalue weighted by Gasteiger charge is 2.50. The van der Waals surface area contributed by atoms with Crippen molar-refractivity contribution in [1.82, 2.24) is 10.2 Å². The number of carbonyl (C=O) groups excluding carboxylic acids is 2. The van der Waals surface area contributed by atoms with Crippen LogP contribution in [0.15, 0.2) is 30.3 Å². The smallest absolute Gasteiger partial charge is 0.244 e. The third-order valence-electron chi connectivity index (χ3n) is 5.42. The normalized spacial score (nSPS) is 29.3. The van der Waals surface area contributed by atoms with E-state index in [-0.39, 0.29) is 17.7 Å². The van der Waals surface area contributed by atoms with Crippen molar-refractivity contribution in [2.75, 3.05) is 13.1 Å². The molecule has 0 aliphatic carbocycles. The zero-order chi connectivity index (χ0) is 17.2. The fourth-order valence-electron chi connectivity index (χ4n) is 3.99. The quantitative estimate of drug-likeness (QED) is 0.791. The first kappa shape index (κ1) is 16.3. The van der Waals surface area contributed by atoms with Gasteiger partial charge in [0.1, 0.15) is 5.54 Å². The summed E-state index contributed by atoms with van der Waals surface area (Å²) in [6, 6.07) is 9.89. The molecule has 1 unspecified atom stereocenters. The summed E-state index contributed by atoms with van der Waals surface area (Å²) < 4.78 is 0. The molecular weight excluding hydrogens is 304 g/mol. The van der Waals surface area contributed by atoms with Crippen LogP contribution in [0.2, 0.25) is 0 Å². The summed E-state index contributed by atoms with van der Waals surface area (Å²) in [6.45, 7) is 1.17. The molecule has 24 heavy (non-hydrogen) atoms. The summed E-state index contributed by atoms with van der Waals surface area (Å²) in [5, 5.41) is 12.4. The average molecular weight is 326 g/mol. The Bertz CT molecular complexity index is 669. The molecule has 1 aromatic carbocycles. The zero-order valence-corrected chi connectivity index (χ0v) is 13.6. The highest BCUT2D eigenvalue weighted by Crippen LogP contribution is 2.42. The topological polar surface area (TPSA) is 99.2 Å². The molecule has 2 amide bonds. The van der Waals surface area contributed by atoms with Gasteiger partial charge in [0, 0.05) is 24.9 Å². The van der Waals surface area contributed by atoms with Gasteiger partial charge in [0.15, 0.2) is 6.19 Å². The number of hydrogen-bond acceptors (Lipinski definition) is 4. The molecule has 2 aliphatic rings. The van der Waals surface area contributed by atoms with E-state index in [0.29, 0.717) is 32.4 Å². The summed E-state index contributed by atoms with van der Waals surface area (Å²) in [4.78, 5) is 25.6. The lowest BCUT2D eigenvalue weighted by molar-refractivity contribution is -0.128. The largest absolute Gasteiger partial charge is 0.368 e. The third kappa shape index (κ3) is 2.82. The molecule has 0 bridgehead atoms. The van der Waals surface area contributed by atoms with Crippen molar-refractivity contribution in [2.24, 2.45) is 11.7 Å². The number of rotatable bonds is 5. The van der Waals surface area contributed by atoms with Gasteiger partial charge < -0.3 is 11.1 Å². The van der Waals surface area contributed by atoms with Gasteiger partial charge in [-0.1, -0.05) is 30.3 Å². The van der Waals surface area contributed by atoms with Crippen LogP contribution >= 0.6 is 0 Å². The molecule has 0 saturated carbocycles. The molecule has 3 atom stereocenters. The van der Waals surface area contributed by atoms with E-state index in [2.05, 4.69) is 11.5 Å². The van der Waals surface area contributed by atoms with Gasteiger partial charge >= 0.3 is 0 Å². The number of likely N-dealkylation sites (tertiary alicyclic amines) is 1. The number of hydrogen-bond donors (Lipinski definition) is 2. The predicted molar refractivity (Wildman–Crippen MR) is 88.4 cm³/mol. The second-order valence-corrected chi connectivity index (χ2v) is 6.73. The van der Waals surface area contributed by atoms with Crippen LogP contribution < -0.4 is 11.1 Å². The molecule has 1 aromatic rings. The number of benzene rings is 1. The van der Waals surface area contributed by atoms with Gasteiger partial charge in [0.2, 0.25) is 11.8 Å². The van der Waals surface area contributed by atoms with Crippen LogP contribution in [0, 0.1) is 17.4 Å². The second-order valence-electron chi connectivity index (χ2n) is 6.73. The van der Waals surface area contributed by atoms with E-state index in [9.17, 15) is 14.9 Å². The fraction of sp³-hybridized carbons (Fsp3) is 0.500. The molecule has 3 rings (SSSR count). The SMILES string of the molecule is N#CN1CC(c2ccccc2)C[C@@]1(CC[C@H]1CCNC1=O)C(N)=O. The Balaban J connectivity index is 1.81. The van der Waals surface area contributed by atoms with Crippen LogP contribution in [0.1, 0.15) is 37.2 Å². The van der Waals surface area contributed by atoms with Crippen LogP contribution in [0.25, 0.3) is 0 Å². The number of primary amides is 1. The van der Waals surface area contributed by atoms with Gasteiger partial charge in [-0.3, -0.25) is 14.5 Å². The monoisotopic (exact) mass is 326 g/mol. The van der Waals surface area contributed by atoms with E-state index in [1.165, 1.54) is 4.90 Å². The maximum atomic E-state index is 12.3. The first-order valence-corrected chi connectivity index (χ1v) is 8.37. The lowest BCUT2D eigenvalue weighted by Crippen LogP contribution is -2.52. The fourth-order valence-corrected chi connectivity index (χ4v) is 3.99. The first-order chi connectivity index (χ1) is 11.6. The molecule has 6 heteroatoms. The van der Waals surface area contributed by atoms with Crippen LogP contribution in [0.4, 0.5) is 0 Å². The van der Waals surface area contributed by atoms with Crippen molar-refractivity contribution in [1.29, 1.82) is 5.26 Å².